The number of carbonyl (C=O) groups is 2. The van der Waals surface area contributed by atoms with Crippen LogP contribution in [0.1, 0.15) is 15.9 Å². The van der Waals surface area contributed by atoms with Crippen molar-refractivity contribution in [1.29, 1.82) is 0 Å². The standard InChI is InChI=1S/C21H18N2O4/c1-22-20(26)18(24)19(25)21(27)23-12-11-16-13-15(9-10-17(16)23)8-7-14-5-3-2-4-6-14/h2-6,9-13,18-19,24-25H,1H3,(H,22,26)/t18-,19-/m1/s1. The molecule has 1 aromatic heterocycles. The minimum absolute atomic E-state index is 0.549. The Labute approximate surface area is 156 Å². The predicted octanol–water partition coefficient (Wildman–Crippen LogP) is 1.15. The van der Waals surface area contributed by atoms with Gasteiger partial charge in [-0.25, -0.2) is 0 Å². The smallest absolute Gasteiger partial charge is 0.263 e. The molecule has 1 amide bonds. The molecule has 3 rings (SSSR count). The van der Waals surface area contributed by atoms with Gasteiger partial charge in [-0.05, 0) is 36.4 Å². The van der Waals surface area contributed by atoms with Crippen molar-refractivity contribution in [2.75, 3.05) is 7.05 Å². The highest BCUT2D eigenvalue weighted by molar-refractivity contribution is 5.98. The Balaban J connectivity index is 1.87. The zero-order valence-corrected chi connectivity index (χ0v) is 14.6. The summed E-state index contributed by atoms with van der Waals surface area (Å²) in [5.41, 5.74) is 2.23. The molecular weight excluding hydrogens is 344 g/mol. The van der Waals surface area contributed by atoms with Gasteiger partial charge < -0.3 is 15.5 Å². The van der Waals surface area contributed by atoms with Crippen molar-refractivity contribution >= 4 is 22.7 Å². The molecule has 27 heavy (non-hydrogen) atoms. The second-order valence-electron chi connectivity index (χ2n) is 5.92. The molecule has 0 spiro atoms. The van der Waals surface area contributed by atoms with Crippen LogP contribution in [0.4, 0.5) is 0 Å². The second-order valence-corrected chi connectivity index (χ2v) is 5.92. The third kappa shape index (κ3) is 3.90. The molecular formula is C21H18N2O4. The van der Waals surface area contributed by atoms with Crippen LogP contribution in [0.3, 0.4) is 0 Å². The molecule has 2 aromatic carbocycles. The Morgan fingerprint density at radius 2 is 1.67 bits per heavy atom. The quantitative estimate of drug-likeness (QED) is 0.610. The summed E-state index contributed by atoms with van der Waals surface area (Å²) in [4.78, 5) is 23.8. The van der Waals surface area contributed by atoms with Crippen LogP contribution in [0.15, 0.2) is 60.8 Å². The SMILES string of the molecule is CNC(=O)[C@H](O)[C@@H](O)C(=O)n1ccc2cc(C#Cc3ccccc3)ccc21. The van der Waals surface area contributed by atoms with Crippen molar-refractivity contribution in [3.63, 3.8) is 0 Å². The molecule has 2 atom stereocenters. The summed E-state index contributed by atoms with van der Waals surface area (Å²) < 4.78 is 1.21. The summed E-state index contributed by atoms with van der Waals surface area (Å²) in [6.45, 7) is 0. The minimum Gasteiger partial charge on any atom is -0.380 e. The molecule has 0 saturated heterocycles. The zero-order valence-electron chi connectivity index (χ0n) is 14.6. The molecule has 0 aliphatic heterocycles. The fraction of sp³-hybridized carbons (Fsp3) is 0.143. The first kappa shape index (κ1) is 18.4. The lowest BCUT2D eigenvalue weighted by atomic mass is 10.1. The second kappa shape index (κ2) is 7.87. The summed E-state index contributed by atoms with van der Waals surface area (Å²) in [7, 11) is 1.31. The first-order valence-electron chi connectivity index (χ1n) is 8.31. The average Bonchev–Trinajstić information content (AvgIpc) is 3.14. The van der Waals surface area contributed by atoms with Gasteiger partial charge in [0.1, 0.15) is 0 Å². The fourth-order valence-electron chi connectivity index (χ4n) is 2.65. The van der Waals surface area contributed by atoms with Gasteiger partial charge >= 0.3 is 0 Å². The van der Waals surface area contributed by atoms with E-state index in [1.165, 1.54) is 17.8 Å². The van der Waals surface area contributed by atoms with Gasteiger partial charge in [0.15, 0.2) is 12.2 Å². The maximum absolute atomic E-state index is 12.4. The van der Waals surface area contributed by atoms with Crippen LogP contribution < -0.4 is 5.32 Å². The molecule has 3 aromatic rings. The van der Waals surface area contributed by atoms with Gasteiger partial charge in [-0.3, -0.25) is 14.2 Å². The number of benzene rings is 2. The number of carbonyl (C=O) groups excluding carboxylic acids is 2. The van der Waals surface area contributed by atoms with E-state index in [1.807, 2.05) is 36.4 Å². The van der Waals surface area contributed by atoms with Crippen LogP contribution >= 0.6 is 0 Å². The van der Waals surface area contributed by atoms with Gasteiger partial charge in [0.25, 0.3) is 11.8 Å². The molecule has 0 saturated carbocycles. The fourth-order valence-corrected chi connectivity index (χ4v) is 2.65. The Kier molecular flexibility index (Phi) is 5.36. The number of nitrogens with one attached hydrogen (secondary N) is 1. The summed E-state index contributed by atoms with van der Waals surface area (Å²) >= 11 is 0. The zero-order chi connectivity index (χ0) is 19.4. The van der Waals surface area contributed by atoms with E-state index in [4.69, 9.17) is 0 Å². The van der Waals surface area contributed by atoms with Crippen LogP contribution in [-0.4, -0.2) is 45.9 Å². The lowest BCUT2D eigenvalue weighted by Crippen LogP contribution is -2.46. The van der Waals surface area contributed by atoms with Gasteiger partial charge in [0, 0.05) is 29.8 Å². The summed E-state index contributed by atoms with van der Waals surface area (Å²) in [6.07, 6.45) is -2.21. The maximum atomic E-state index is 12.4. The highest BCUT2D eigenvalue weighted by Gasteiger charge is 2.31. The van der Waals surface area contributed by atoms with E-state index >= 15 is 0 Å². The molecule has 0 radical (unpaired) electrons. The lowest BCUT2D eigenvalue weighted by Gasteiger charge is -2.16. The first-order chi connectivity index (χ1) is 13.0. The molecule has 1 heterocycles. The van der Waals surface area contributed by atoms with E-state index in [-0.39, 0.29) is 0 Å². The number of amides is 1. The topological polar surface area (TPSA) is 91.6 Å². The number of hydrogen-bond donors (Lipinski definition) is 3. The van der Waals surface area contributed by atoms with Gasteiger partial charge in [-0.2, -0.15) is 0 Å². The Morgan fingerprint density at radius 3 is 2.37 bits per heavy atom. The van der Waals surface area contributed by atoms with Gasteiger partial charge in [0.2, 0.25) is 0 Å². The van der Waals surface area contributed by atoms with Gasteiger partial charge in [-0.1, -0.05) is 30.0 Å². The van der Waals surface area contributed by atoms with Gasteiger partial charge in [-0.15, -0.1) is 0 Å². The van der Waals surface area contributed by atoms with Crippen molar-refractivity contribution in [3.05, 3.63) is 71.9 Å². The average molecular weight is 362 g/mol. The third-order valence-electron chi connectivity index (χ3n) is 4.12. The molecule has 6 nitrogen and oxygen atoms in total. The summed E-state index contributed by atoms with van der Waals surface area (Å²) in [5.74, 6) is 4.52. The van der Waals surface area contributed by atoms with E-state index in [1.54, 1.807) is 18.2 Å². The number of nitrogens with zero attached hydrogens (tertiary/aromatic N) is 1. The van der Waals surface area contributed by atoms with E-state index in [2.05, 4.69) is 17.2 Å². The number of fused-ring (bicyclic) bond motifs is 1. The minimum atomic E-state index is -1.86. The normalized spacial score (nSPS) is 12.7. The summed E-state index contributed by atoms with van der Waals surface area (Å²) in [5, 5.41) is 22.7. The monoisotopic (exact) mass is 362 g/mol. The van der Waals surface area contributed by atoms with Crippen molar-refractivity contribution in [3.8, 4) is 11.8 Å². The number of aromatic nitrogens is 1. The summed E-state index contributed by atoms with van der Waals surface area (Å²) in [6, 6.07) is 16.6. The molecule has 0 aliphatic carbocycles. The van der Waals surface area contributed by atoms with Crippen LogP contribution in [0.2, 0.25) is 0 Å². The molecule has 0 unspecified atom stereocenters. The molecule has 0 fully saturated rings. The number of aliphatic hydroxyl groups excluding tert-OH is 2. The highest BCUT2D eigenvalue weighted by atomic mass is 16.3. The number of aliphatic hydroxyl groups is 2. The Morgan fingerprint density at radius 1 is 0.963 bits per heavy atom. The van der Waals surface area contributed by atoms with Crippen LogP contribution in [0.25, 0.3) is 10.9 Å². The highest BCUT2D eigenvalue weighted by Crippen LogP contribution is 2.18. The van der Waals surface area contributed by atoms with Crippen molar-refractivity contribution in [1.82, 2.24) is 9.88 Å². The van der Waals surface area contributed by atoms with Gasteiger partial charge in [0.05, 0.1) is 5.52 Å². The van der Waals surface area contributed by atoms with E-state index in [9.17, 15) is 19.8 Å². The first-order valence-corrected chi connectivity index (χ1v) is 8.31. The molecule has 0 aliphatic rings. The predicted molar refractivity (Wildman–Crippen MR) is 101 cm³/mol. The van der Waals surface area contributed by atoms with Crippen LogP contribution in [-0.2, 0) is 4.79 Å². The van der Waals surface area contributed by atoms with E-state index < -0.39 is 24.0 Å². The largest absolute Gasteiger partial charge is 0.380 e. The number of rotatable bonds is 3. The van der Waals surface area contributed by atoms with E-state index in [0.29, 0.717) is 5.52 Å². The molecule has 136 valence electrons. The number of likely N-dealkylation sites (N-methyl/N-ethyl adjacent to an activating group) is 1. The van der Waals surface area contributed by atoms with Crippen LogP contribution in [0.5, 0.6) is 0 Å². The van der Waals surface area contributed by atoms with Crippen LogP contribution in [0, 0.1) is 11.8 Å². The molecule has 0 bridgehead atoms. The lowest BCUT2D eigenvalue weighted by molar-refractivity contribution is -0.133. The Hall–Kier alpha value is -3.40. The third-order valence-corrected chi connectivity index (χ3v) is 4.12. The number of hydrogen-bond acceptors (Lipinski definition) is 4. The molecule has 3 N–H and O–H groups in total. The van der Waals surface area contributed by atoms with Crippen molar-refractivity contribution in [2.24, 2.45) is 0 Å². The maximum Gasteiger partial charge on any atom is 0.263 e. The van der Waals surface area contributed by atoms with Crippen molar-refractivity contribution in [2.45, 2.75) is 12.2 Å². The Bertz CT molecular complexity index is 1040. The molecule has 6 heteroatoms. The van der Waals surface area contributed by atoms with E-state index in [0.717, 1.165) is 16.5 Å². The van der Waals surface area contributed by atoms with Crippen molar-refractivity contribution < 1.29 is 19.8 Å².